The third-order valence-corrected chi connectivity index (χ3v) is 3.21. The molecule has 0 aliphatic heterocycles. The minimum absolute atomic E-state index is 0.430. The van der Waals surface area contributed by atoms with Gasteiger partial charge >= 0.3 is 0 Å². The summed E-state index contributed by atoms with van der Waals surface area (Å²) in [5, 5.41) is 1.09. The first kappa shape index (κ1) is 13.2. The standard InChI is InChI=1S/C17H16N2O2/c1-20-16-8-12(7-14(18)9-16)11-21-15-5-4-13-3-2-6-19-17(13)10-15/h2-10H,11,18H2,1H3. The Morgan fingerprint density at radius 1 is 1.05 bits per heavy atom. The van der Waals surface area contributed by atoms with Gasteiger partial charge in [-0.05, 0) is 35.9 Å². The lowest BCUT2D eigenvalue weighted by Gasteiger charge is -2.09. The van der Waals surface area contributed by atoms with Crippen molar-refractivity contribution >= 4 is 16.6 Å². The third-order valence-electron chi connectivity index (χ3n) is 3.21. The number of ether oxygens (including phenoxy) is 2. The van der Waals surface area contributed by atoms with E-state index in [0.717, 1.165) is 28.0 Å². The summed E-state index contributed by atoms with van der Waals surface area (Å²) in [6, 6.07) is 15.4. The number of benzene rings is 2. The van der Waals surface area contributed by atoms with E-state index in [0.29, 0.717) is 12.3 Å². The van der Waals surface area contributed by atoms with Gasteiger partial charge in [0, 0.05) is 29.4 Å². The Morgan fingerprint density at radius 2 is 1.95 bits per heavy atom. The predicted octanol–water partition coefficient (Wildman–Crippen LogP) is 3.40. The van der Waals surface area contributed by atoms with Crippen molar-refractivity contribution in [1.82, 2.24) is 4.98 Å². The van der Waals surface area contributed by atoms with Crippen LogP contribution >= 0.6 is 0 Å². The van der Waals surface area contributed by atoms with Gasteiger partial charge in [0.25, 0.3) is 0 Å². The molecule has 1 heterocycles. The first-order valence-corrected chi connectivity index (χ1v) is 6.65. The molecular formula is C17H16N2O2. The quantitative estimate of drug-likeness (QED) is 0.744. The molecule has 21 heavy (non-hydrogen) atoms. The zero-order valence-corrected chi connectivity index (χ0v) is 11.7. The van der Waals surface area contributed by atoms with Gasteiger partial charge in [-0.1, -0.05) is 6.07 Å². The lowest BCUT2D eigenvalue weighted by Crippen LogP contribution is -1.98. The molecule has 106 valence electrons. The Labute approximate surface area is 123 Å². The lowest BCUT2D eigenvalue weighted by molar-refractivity contribution is 0.305. The summed E-state index contributed by atoms with van der Waals surface area (Å²) in [5.74, 6) is 1.51. The fourth-order valence-electron chi connectivity index (χ4n) is 2.19. The molecule has 0 spiro atoms. The highest BCUT2D eigenvalue weighted by Crippen LogP contribution is 2.22. The van der Waals surface area contributed by atoms with Gasteiger partial charge in [-0.3, -0.25) is 4.98 Å². The number of pyridine rings is 1. The van der Waals surface area contributed by atoms with Crippen molar-refractivity contribution in [3.8, 4) is 11.5 Å². The van der Waals surface area contributed by atoms with Crippen LogP contribution in [0.5, 0.6) is 11.5 Å². The van der Waals surface area contributed by atoms with Crippen LogP contribution in [0.4, 0.5) is 5.69 Å². The van der Waals surface area contributed by atoms with E-state index >= 15 is 0 Å². The average molecular weight is 280 g/mol. The Bertz CT molecular complexity index is 772. The molecule has 4 nitrogen and oxygen atoms in total. The van der Waals surface area contributed by atoms with E-state index in [-0.39, 0.29) is 0 Å². The van der Waals surface area contributed by atoms with Crippen molar-refractivity contribution in [2.75, 3.05) is 12.8 Å². The molecular weight excluding hydrogens is 264 g/mol. The maximum atomic E-state index is 5.83. The molecule has 0 saturated carbocycles. The van der Waals surface area contributed by atoms with Crippen LogP contribution in [0.15, 0.2) is 54.7 Å². The summed E-state index contributed by atoms with van der Waals surface area (Å²) < 4.78 is 11.0. The number of nitrogens with two attached hydrogens (primary N) is 1. The molecule has 0 unspecified atom stereocenters. The third kappa shape index (κ3) is 3.05. The van der Waals surface area contributed by atoms with E-state index in [1.165, 1.54) is 0 Å². The van der Waals surface area contributed by atoms with Gasteiger partial charge in [0.15, 0.2) is 0 Å². The molecule has 0 bridgehead atoms. The number of fused-ring (bicyclic) bond motifs is 1. The number of hydrogen-bond donors (Lipinski definition) is 1. The summed E-state index contributed by atoms with van der Waals surface area (Å²) in [5.41, 5.74) is 8.38. The summed E-state index contributed by atoms with van der Waals surface area (Å²) in [6.07, 6.45) is 1.77. The maximum absolute atomic E-state index is 5.83. The van der Waals surface area contributed by atoms with E-state index in [1.54, 1.807) is 19.4 Å². The van der Waals surface area contributed by atoms with Gasteiger partial charge in [0.1, 0.15) is 18.1 Å². The number of aromatic nitrogens is 1. The Balaban J connectivity index is 1.78. The van der Waals surface area contributed by atoms with Crippen molar-refractivity contribution in [1.29, 1.82) is 0 Å². The molecule has 0 aliphatic rings. The molecule has 4 heteroatoms. The number of rotatable bonds is 4. The van der Waals surface area contributed by atoms with Crippen molar-refractivity contribution < 1.29 is 9.47 Å². The molecule has 0 atom stereocenters. The fraction of sp³-hybridized carbons (Fsp3) is 0.118. The summed E-state index contributed by atoms with van der Waals surface area (Å²) >= 11 is 0. The van der Waals surface area contributed by atoms with Crippen LogP contribution < -0.4 is 15.2 Å². The Kier molecular flexibility index (Phi) is 3.60. The second-order valence-corrected chi connectivity index (χ2v) is 4.76. The van der Waals surface area contributed by atoms with Gasteiger partial charge in [-0.2, -0.15) is 0 Å². The summed E-state index contributed by atoms with van der Waals surface area (Å²) in [4.78, 5) is 4.32. The number of hydrogen-bond acceptors (Lipinski definition) is 4. The highest BCUT2D eigenvalue weighted by molar-refractivity contribution is 5.79. The largest absolute Gasteiger partial charge is 0.497 e. The smallest absolute Gasteiger partial charge is 0.122 e. The monoisotopic (exact) mass is 280 g/mol. The van der Waals surface area contributed by atoms with Crippen molar-refractivity contribution in [3.63, 3.8) is 0 Å². The van der Waals surface area contributed by atoms with Crippen LogP contribution in [-0.2, 0) is 6.61 Å². The molecule has 0 saturated heterocycles. The fourth-order valence-corrected chi connectivity index (χ4v) is 2.19. The van der Waals surface area contributed by atoms with Crippen molar-refractivity contribution in [2.45, 2.75) is 6.61 Å². The summed E-state index contributed by atoms with van der Waals surface area (Å²) in [6.45, 7) is 0.430. The van der Waals surface area contributed by atoms with Crippen LogP contribution in [0.1, 0.15) is 5.56 Å². The van der Waals surface area contributed by atoms with Crippen molar-refractivity contribution in [3.05, 3.63) is 60.3 Å². The normalized spacial score (nSPS) is 10.5. The number of nitrogen functional groups attached to an aromatic ring is 1. The Morgan fingerprint density at radius 3 is 2.81 bits per heavy atom. The number of anilines is 1. The minimum Gasteiger partial charge on any atom is -0.497 e. The molecule has 0 amide bonds. The van der Waals surface area contributed by atoms with Crippen LogP contribution in [0, 0.1) is 0 Å². The second-order valence-electron chi connectivity index (χ2n) is 4.76. The van der Waals surface area contributed by atoms with Crippen LogP contribution in [0.3, 0.4) is 0 Å². The molecule has 1 aromatic heterocycles. The predicted molar refractivity (Wildman–Crippen MR) is 83.5 cm³/mol. The molecule has 2 aromatic carbocycles. The Hall–Kier alpha value is -2.75. The molecule has 0 fully saturated rings. The topological polar surface area (TPSA) is 57.4 Å². The van der Waals surface area contributed by atoms with E-state index < -0.39 is 0 Å². The summed E-state index contributed by atoms with van der Waals surface area (Å²) in [7, 11) is 1.62. The number of methoxy groups -OCH3 is 1. The maximum Gasteiger partial charge on any atom is 0.122 e. The highest BCUT2D eigenvalue weighted by Gasteiger charge is 2.02. The van der Waals surface area contributed by atoms with E-state index in [9.17, 15) is 0 Å². The number of nitrogens with zero attached hydrogens (tertiary/aromatic N) is 1. The van der Waals surface area contributed by atoms with Gasteiger partial charge < -0.3 is 15.2 Å². The van der Waals surface area contributed by atoms with Crippen LogP contribution in [-0.4, -0.2) is 12.1 Å². The molecule has 0 aliphatic carbocycles. The van der Waals surface area contributed by atoms with Crippen molar-refractivity contribution in [2.24, 2.45) is 0 Å². The molecule has 2 N–H and O–H groups in total. The first-order chi connectivity index (χ1) is 10.2. The van der Waals surface area contributed by atoms with E-state index in [4.69, 9.17) is 15.2 Å². The zero-order chi connectivity index (χ0) is 14.7. The average Bonchev–Trinajstić information content (AvgIpc) is 2.52. The first-order valence-electron chi connectivity index (χ1n) is 6.65. The van der Waals surface area contributed by atoms with Gasteiger partial charge in [-0.15, -0.1) is 0 Å². The van der Waals surface area contributed by atoms with Gasteiger partial charge in [-0.25, -0.2) is 0 Å². The van der Waals surface area contributed by atoms with E-state index in [1.807, 2.05) is 42.5 Å². The van der Waals surface area contributed by atoms with Crippen LogP contribution in [0.2, 0.25) is 0 Å². The van der Waals surface area contributed by atoms with E-state index in [2.05, 4.69) is 4.98 Å². The zero-order valence-electron chi connectivity index (χ0n) is 11.7. The highest BCUT2D eigenvalue weighted by atomic mass is 16.5. The second kappa shape index (κ2) is 5.71. The molecule has 0 radical (unpaired) electrons. The SMILES string of the molecule is COc1cc(N)cc(COc2ccc3cccnc3c2)c1. The molecule has 3 rings (SSSR count). The minimum atomic E-state index is 0.430. The van der Waals surface area contributed by atoms with Crippen LogP contribution in [0.25, 0.3) is 10.9 Å². The van der Waals surface area contributed by atoms with Gasteiger partial charge in [0.2, 0.25) is 0 Å². The lowest BCUT2D eigenvalue weighted by atomic mass is 10.2. The molecule has 3 aromatic rings. The van der Waals surface area contributed by atoms with Gasteiger partial charge in [0.05, 0.1) is 12.6 Å².